The van der Waals surface area contributed by atoms with E-state index in [9.17, 15) is 24.0 Å². The van der Waals surface area contributed by atoms with Gasteiger partial charge in [0.1, 0.15) is 6.04 Å². The number of carbonyl (C=O) groups excluding carboxylic acids is 3. The maximum Gasteiger partial charge on any atom is 0.335 e. The number of piperazine rings is 1. The Balaban J connectivity index is 0.000000680. The molecule has 0 aromatic heterocycles. The molecule has 1 saturated carbocycles. The first kappa shape index (κ1) is 35.6. The van der Waals surface area contributed by atoms with Gasteiger partial charge in [-0.05, 0) is 26.3 Å². The van der Waals surface area contributed by atoms with Gasteiger partial charge in [-0.15, -0.1) is 0 Å². The molecule has 1 aliphatic heterocycles. The van der Waals surface area contributed by atoms with Gasteiger partial charge in [-0.25, -0.2) is 14.4 Å². The number of carboxylic acid groups (broad SMARTS) is 2. The lowest BCUT2D eigenvalue weighted by Crippen LogP contribution is -2.55. The van der Waals surface area contributed by atoms with Crippen LogP contribution in [-0.4, -0.2) is 134 Å². The predicted molar refractivity (Wildman–Crippen MR) is 150 cm³/mol. The molecular formula is C26H46N4O9S. The van der Waals surface area contributed by atoms with E-state index in [0.29, 0.717) is 37.8 Å². The molecule has 2 rings (SSSR count). The molecule has 2 fully saturated rings. The Morgan fingerprint density at radius 3 is 1.90 bits per heavy atom. The van der Waals surface area contributed by atoms with Crippen molar-refractivity contribution in [3.05, 3.63) is 0 Å². The molecule has 230 valence electrons. The number of aliphatic hydroxyl groups excluding tert-OH is 2. The Morgan fingerprint density at radius 1 is 0.900 bits per heavy atom. The van der Waals surface area contributed by atoms with Crippen LogP contribution < -0.4 is 5.32 Å². The van der Waals surface area contributed by atoms with Crippen molar-refractivity contribution >= 4 is 40.8 Å². The second kappa shape index (κ2) is 18.8. The number of aliphatic carboxylic acids is 2. The minimum Gasteiger partial charge on any atom is -0.479 e. The molecule has 0 radical (unpaired) electrons. The first-order valence-corrected chi connectivity index (χ1v) is 14.8. The van der Waals surface area contributed by atoms with E-state index < -0.39 is 30.2 Å². The number of nitrogens with zero attached hydrogens (tertiary/aromatic N) is 3. The Hall–Kier alpha value is -2.42. The van der Waals surface area contributed by atoms with Crippen molar-refractivity contribution in [1.29, 1.82) is 0 Å². The number of amides is 3. The minimum absolute atomic E-state index is 0.0155. The predicted octanol–water partition coefficient (Wildman–Crippen LogP) is 0.678. The second-order valence-corrected chi connectivity index (χ2v) is 11.6. The number of likely N-dealkylation sites (N-methyl/N-ethyl adjacent to an activating group) is 1. The van der Waals surface area contributed by atoms with Crippen LogP contribution in [0.2, 0.25) is 0 Å². The lowest BCUT2D eigenvalue weighted by Gasteiger charge is -2.34. The van der Waals surface area contributed by atoms with Crippen molar-refractivity contribution in [2.24, 2.45) is 5.92 Å². The fraction of sp³-hybridized carbons (Fsp3) is 0.808. The highest BCUT2D eigenvalue weighted by Gasteiger charge is 2.29. The summed E-state index contributed by atoms with van der Waals surface area (Å²) in [5, 5.41) is 35.5. The van der Waals surface area contributed by atoms with Crippen LogP contribution in [0.25, 0.3) is 0 Å². The number of hydrogen-bond acceptors (Lipinski definition) is 9. The Bertz CT molecular complexity index is 813. The lowest BCUT2D eigenvalue weighted by molar-refractivity contribution is -0.165. The zero-order valence-corrected chi connectivity index (χ0v) is 24.6. The van der Waals surface area contributed by atoms with Gasteiger partial charge < -0.3 is 40.4 Å². The largest absolute Gasteiger partial charge is 0.479 e. The van der Waals surface area contributed by atoms with E-state index in [1.807, 2.05) is 4.90 Å². The number of urea groups is 1. The van der Waals surface area contributed by atoms with Gasteiger partial charge in [0.15, 0.2) is 17.3 Å². The molecule has 0 bridgehead atoms. The SMILES string of the molecule is CC(=O)SCCN(CCC1CCCCCC1)C(=O)N[C@@H](C)C(=O)N1CCN(C)CC1.O=C(O)[C@H](O)[C@@H](O)C(=O)O. The molecule has 0 aromatic rings. The fourth-order valence-corrected chi connectivity index (χ4v) is 5.11. The van der Waals surface area contributed by atoms with Gasteiger partial charge in [-0.2, -0.15) is 0 Å². The topological polar surface area (TPSA) is 188 Å². The summed E-state index contributed by atoms with van der Waals surface area (Å²) < 4.78 is 0. The van der Waals surface area contributed by atoms with Gasteiger partial charge in [0.05, 0.1) is 0 Å². The molecule has 40 heavy (non-hydrogen) atoms. The van der Waals surface area contributed by atoms with Crippen molar-refractivity contribution in [3.8, 4) is 0 Å². The average Bonchev–Trinajstić information content (AvgIpc) is 3.18. The van der Waals surface area contributed by atoms with E-state index in [2.05, 4.69) is 17.3 Å². The van der Waals surface area contributed by atoms with Gasteiger partial charge in [0, 0.05) is 51.9 Å². The molecule has 13 nitrogen and oxygen atoms in total. The number of rotatable bonds is 11. The molecule has 0 spiro atoms. The zero-order chi connectivity index (χ0) is 30.2. The standard InChI is InChI=1S/C22H40N4O3S.C4H6O6/c1-18(21(28)25-14-12-24(3)13-15-25)23-22(29)26(16-17-30-19(2)27)11-10-20-8-6-4-5-7-9-20;5-1(3(7)8)2(6)4(9)10/h18,20H,4-17H2,1-3H3,(H,23,29);1-2,5-6H,(H,7,8)(H,9,10)/t18-;1-,2-/m01/s1. The molecule has 14 heteroatoms. The highest BCUT2D eigenvalue weighted by Crippen LogP contribution is 2.25. The van der Waals surface area contributed by atoms with Crippen molar-refractivity contribution in [2.75, 3.05) is 52.1 Å². The monoisotopic (exact) mass is 590 g/mol. The third-order valence-electron chi connectivity index (χ3n) is 7.07. The lowest BCUT2D eigenvalue weighted by atomic mass is 9.96. The summed E-state index contributed by atoms with van der Waals surface area (Å²) in [4.78, 5) is 62.4. The van der Waals surface area contributed by atoms with E-state index >= 15 is 0 Å². The number of carbonyl (C=O) groups is 5. The Labute approximate surface area is 240 Å². The van der Waals surface area contributed by atoms with Crippen LogP contribution in [0.3, 0.4) is 0 Å². The number of thioether (sulfide) groups is 1. The van der Waals surface area contributed by atoms with Gasteiger partial charge >= 0.3 is 18.0 Å². The summed E-state index contributed by atoms with van der Waals surface area (Å²) in [6.45, 7) is 7.67. The Morgan fingerprint density at radius 2 is 1.43 bits per heavy atom. The third-order valence-corrected chi connectivity index (χ3v) is 7.86. The normalized spacial score (nSPS) is 18.8. The smallest absolute Gasteiger partial charge is 0.335 e. The molecule has 1 heterocycles. The van der Waals surface area contributed by atoms with Crippen molar-refractivity contribution in [3.63, 3.8) is 0 Å². The van der Waals surface area contributed by atoms with Crippen LogP contribution in [0.5, 0.6) is 0 Å². The third kappa shape index (κ3) is 13.8. The first-order chi connectivity index (χ1) is 18.8. The number of nitrogens with one attached hydrogen (secondary N) is 1. The van der Waals surface area contributed by atoms with Crippen LogP contribution in [0.15, 0.2) is 0 Å². The molecule has 1 saturated heterocycles. The molecular weight excluding hydrogens is 544 g/mol. The Kier molecular flexibility index (Phi) is 16.8. The van der Waals surface area contributed by atoms with Crippen LogP contribution in [0.1, 0.15) is 58.8 Å². The summed E-state index contributed by atoms with van der Waals surface area (Å²) in [6.07, 6.45) is 4.17. The highest BCUT2D eigenvalue weighted by atomic mass is 32.2. The van der Waals surface area contributed by atoms with Crippen molar-refractivity contribution in [2.45, 2.75) is 77.0 Å². The molecule has 0 aromatic carbocycles. The van der Waals surface area contributed by atoms with Crippen LogP contribution in [-0.2, 0) is 19.2 Å². The van der Waals surface area contributed by atoms with E-state index in [0.717, 1.165) is 19.5 Å². The van der Waals surface area contributed by atoms with Gasteiger partial charge in [0.25, 0.3) is 0 Å². The van der Waals surface area contributed by atoms with Gasteiger partial charge in [0.2, 0.25) is 5.91 Å². The molecule has 3 atom stereocenters. The summed E-state index contributed by atoms with van der Waals surface area (Å²) in [6, 6.07) is -0.732. The van der Waals surface area contributed by atoms with Gasteiger partial charge in [-0.1, -0.05) is 50.3 Å². The summed E-state index contributed by atoms with van der Waals surface area (Å²) in [5.74, 6) is -2.29. The van der Waals surface area contributed by atoms with E-state index in [1.165, 1.54) is 50.3 Å². The van der Waals surface area contributed by atoms with E-state index in [-0.39, 0.29) is 17.1 Å². The van der Waals surface area contributed by atoms with Gasteiger partial charge in [-0.3, -0.25) is 9.59 Å². The van der Waals surface area contributed by atoms with Crippen LogP contribution >= 0.6 is 11.8 Å². The highest BCUT2D eigenvalue weighted by molar-refractivity contribution is 8.13. The molecule has 3 amide bonds. The minimum atomic E-state index is -2.27. The first-order valence-electron chi connectivity index (χ1n) is 13.8. The second-order valence-electron chi connectivity index (χ2n) is 10.3. The molecule has 1 aliphatic carbocycles. The maximum absolute atomic E-state index is 13.0. The maximum atomic E-state index is 13.0. The van der Waals surface area contributed by atoms with Crippen LogP contribution in [0, 0.1) is 5.92 Å². The summed E-state index contributed by atoms with van der Waals surface area (Å²) in [7, 11) is 2.05. The average molecular weight is 591 g/mol. The number of aliphatic hydroxyl groups is 2. The van der Waals surface area contributed by atoms with Crippen molar-refractivity contribution < 1.29 is 44.4 Å². The summed E-state index contributed by atoms with van der Waals surface area (Å²) in [5.41, 5.74) is 0. The summed E-state index contributed by atoms with van der Waals surface area (Å²) >= 11 is 1.25. The molecule has 2 aliphatic rings. The fourth-order valence-electron chi connectivity index (χ4n) is 4.51. The number of carboxylic acids is 2. The van der Waals surface area contributed by atoms with E-state index in [1.54, 1.807) is 18.7 Å². The quantitative estimate of drug-likeness (QED) is 0.213. The van der Waals surface area contributed by atoms with Crippen LogP contribution in [0.4, 0.5) is 4.79 Å². The molecule has 0 unspecified atom stereocenters. The van der Waals surface area contributed by atoms with E-state index in [4.69, 9.17) is 20.4 Å². The zero-order valence-electron chi connectivity index (χ0n) is 23.8. The number of hydrogen-bond donors (Lipinski definition) is 5. The van der Waals surface area contributed by atoms with Crippen molar-refractivity contribution in [1.82, 2.24) is 20.0 Å². The molecule has 5 N–H and O–H groups in total.